The minimum Gasteiger partial charge on any atom is -0.384 e. The third-order valence-corrected chi connectivity index (χ3v) is 5.44. The minimum atomic E-state index is -3.00. The number of sulfone groups is 1. The lowest BCUT2D eigenvalue weighted by Gasteiger charge is -2.35. The van der Waals surface area contributed by atoms with Crippen molar-refractivity contribution in [1.82, 2.24) is 10.2 Å². The van der Waals surface area contributed by atoms with E-state index in [0.29, 0.717) is 17.9 Å². The predicted octanol–water partition coefficient (Wildman–Crippen LogP) is 0.000810. The maximum atomic E-state index is 11.6. The maximum absolute atomic E-state index is 11.6. The molecule has 0 aromatic carbocycles. The Morgan fingerprint density at radius 2 is 2.05 bits per heavy atom. The summed E-state index contributed by atoms with van der Waals surface area (Å²) in [7, 11) is -3.00. The SMILES string of the molecule is Cc1nnc(N2CCS(=O)(=O)CC2C)c(C(=N)N)c1C. The highest BCUT2D eigenvalue weighted by Crippen LogP contribution is 2.25. The summed E-state index contributed by atoms with van der Waals surface area (Å²) in [6, 6.07) is -0.205. The molecule has 1 aromatic rings. The van der Waals surface area contributed by atoms with Crippen molar-refractivity contribution in [1.29, 1.82) is 5.41 Å². The van der Waals surface area contributed by atoms with E-state index in [1.54, 1.807) is 0 Å². The van der Waals surface area contributed by atoms with Crippen molar-refractivity contribution in [2.24, 2.45) is 5.73 Å². The van der Waals surface area contributed by atoms with Gasteiger partial charge in [-0.3, -0.25) is 5.41 Å². The van der Waals surface area contributed by atoms with E-state index in [1.165, 1.54) is 0 Å². The highest BCUT2D eigenvalue weighted by Gasteiger charge is 2.31. The molecule has 1 aliphatic heterocycles. The molecule has 1 aromatic heterocycles. The summed E-state index contributed by atoms with van der Waals surface area (Å²) in [4.78, 5) is 1.87. The largest absolute Gasteiger partial charge is 0.384 e. The quantitative estimate of drug-likeness (QED) is 0.587. The van der Waals surface area contributed by atoms with Gasteiger partial charge >= 0.3 is 0 Å². The molecular weight excluding hydrogens is 278 g/mol. The van der Waals surface area contributed by atoms with E-state index in [4.69, 9.17) is 11.1 Å². The molecule has 0 aliphatic carbocycles. The van der Waals surface area contributed by atoms with Crippen molar-refractivity contribution in [3.8, 4) is 0 Å². The number of aryl methyl sites for hydroxylation is 1. The molecule has 1 fully saturated rings. The molecule has 1 aliphatic rings. The molecule has 0 amide bonds. The molecule has 0 saturated carbocycles. The highest BCUT2D eigenvalue weighted by molar-refractivity contribution is 7.91. The van der Waals surface area contributed by atoms with Crippen LogP contribution in [0, 0.1) is 19.3 Å². The van der Waals surface area contributed by atoms with E-state index in [2.05, 4.69) is 10.2 Å². The van der Waals surface area contributed by atoms with Crippen LogP contribution in [0.2, 0.25) is 0 Å². The standard InChI is InChI=1S/C12H19N5O2S/c1-7-6-20(18,19)5-4-17(7)12-10(11(13)14)8(2)9(3)15-16-12/h7H,4-6H2,1-3H3,(H3,13,14). The zero-order valence-electron chi connectivity index (χ0n) is 11.8. The molecule has 7 nitrogen and oxygen atoms in total. The zero-order valence-corrected chi connectivity index (χ0v) is 12.7. The summed E-state index contributed by atoms with van der Waals surface area (Å²) in [5.74, 6) is 0.599. The smallest absolute Gasteiger partial charge is 0.162 e. The first-order valence-electron chi connectivity index (χ1n) is 6.38. The van der Waals surface area contributed by atoms with Crippen LogP contribution in [-0.4, -0.2) is 48.5 Å². The molecule has 0 bridgehead atoms. The number of hydrogen-bond donors (Lipinski definition) is 2. The van der Waals surface area contributed by atoms with Crippen LogP contribution in [-0.2, 0) is 9.84 Å². The molecule has 1 atom stereocenters. The van der Waals surface area contributed by atoms with Gasteiger partial charge in [-0.1, -0.05) is 0 Å². The zero-order chi connectivity index (χ0) is 15.1. The van der Waals surface area contributed by atoms with Crippen LogP contribution in [0.3, 0.4) is 0 Å². The number of anilines is 1. The second-order valence-electron chi connectivity index (χ2n) is 5.18. The van der Waals surface area contributed by atoms with Crippen molar-refractivity contribution in [2.45, 2.75) is 26.8 Å². The average molecular weight is 297 g/mol. The molecule has 1 saturated heterocycles. The lowest BCUT2D eigenvalue weighted by molar-refractivity contribution is 0.565. The van der Waals surface area contributed by atoms with E-state index in [-0.39, 0.29) is 23.4 Å². The highest BCUT2D eigenvalue weighted by atomic mass is 32.2. The second kappa shape index (κ2) is 5.01. The fourth-order valence-electron chi connectivity index (χ4n) is 2.43. The number of nitrogens with zero attached hydrogens (tertiary/aromatic N) is 3. The lowest BCUT2D eigenvalue weighted by Crippen LogP contribution is -2.48. The summed E-state index contributed by atoms with van der Waals surface area (Å²) in [5, 5.41) is 16.0. The Hall–Kier alpha value is -1.70. The van der Waals surface area contributed by atoms with E-state index >= 15 is 0 Å². The average Bonchev–Trinajstić information content (AvgIpc) is 2.31. The number of nitrogens with one attached hydrogen (secondary N) is 1. The van der Waals surface area contributed by atoms with Crippen molar-refractivity contribution < 1.29 is 8.42 Å². The van der Waals surface area contributed by atoms with Crippen molar-refractivity contribution >= 4 is 21.5 Å². The third-order valence-electron chi connectivity index (χ3n) is 3.65. The number of hydrogen-bond acceptors (Lipinski definition) is 6. The van der Waals surface area contributed by atoms with E-state index < -0.39 is 9.84 Å². The fraction of sp³-hybridized carbons (Fsp3) is 0.583. The van der Waals surface area contributed by atoms with Crippen LogP contribution in [0.5, 0.6) is 0 Å². The monoisotopic (exact) mass is 297 g/mol. The Morgan fingerprint density at radius 3 is 2.60 bits per heavy atom. The van der Waals surface area contributed by atoms with Crippen LogP contribution in [0.15, 0.2) is 0 Å². The van der Waals surface area contributed by atoms with Crippen molar-refractivity contribution in [2.75, 3.05) is 23.0 Å². The molecule has 1 unspecified atom stereocenters. The van der Waals surface area contributed by atoms with Crippen LogP contribution in [0.4, 0.5) is 5.82 Å². The van der Waals surface area contributed by atoms with E-state index in [1.807, 2.05) is 25.7 Å². The Kier molecular flexibility index (Phi) is 3.68. The normalized spacial score (nSPS) is 21.8. The Morgan fingerprint density at radius 1 is 1.40 bits per heavy atom. The van der Waals surface area contributed by atoms with Crippen molar-refractivity contribution in [3.63, 3.8) is 0 Å². The molecule has 20 heavy (non-hydrogen) atoms. The maximum Gasteiger partial charge on any atom is 0.162 e. The minimum absolute atomic E-state index is 0.0730. The van der Waals surface area contributed by atoms with Crippen LogP contribution >= 0.6 is 0 Å². The lowest BCUT2D eigenvalue weighted by atomic mass is 10.1. The molecule has 2 heterocycles. The molecule has 8 heteroatoms. The van der Waals surface area contributed by atoms with Gasteiger partial charge < -0.3 is 10.6 Å². The summed E-state index contributed by atoms with van der Waals surface area (Å²) in [6.07, 6.45) is 0. The van der Waals surface area contributed by atoms with Crippen LogP contribution < -0.4 is 10.6 Å². The Labute approximate surface area is 118 Å². The second-order valence-corrected chi connectivity index (χ2v) is 7.41. The number of amidine groups is 1. The molecule has 2 rings (SSSR count). The number of rotatable bonds is 2. The summed E-state index contributed by atoms with van der Waals surface area (Å²) < 4.78 is 23.3. The number of nitrogen functional groups attached to an aromatic ring is 1. The van der Waals surface area contributed by atoms with Gasteiger partial charge in [0, 0.05) is 12.6 Å². The van der Waals surface area contributed by atoms with Gasteiger partial charge in [0.05, 0.1) is 22.8 Å². The molecule has 110 valence electrons. The molecule has 3 N–H and O–H groups in total. The molecular formula is C12H19N5O2S. The van der Waals surface area contributed by atoms with Gasteiger partial charge in [0.2, 0.25) is 0 Å². The predicted molar refractivity (Wildman–Crippen MR) is 78.0 cm³/mol. The van der Waals surface area contributed by atoms with E-state index in [0.717, 1.165) is 11.3 Å². The van der Waals surface area contributed by atoms with Gasteiger partial charge in [0.15, 0.2) is 15.7 Å². The first kappa shape index (κ1) is 14.7. The topological polar surface area (TPSA) is 113 Å². The van der Waals surface area contributed by atoms with Crippen LogP contribution in [0.1, 0.15) is 23.7 Å². The van der Waals surface area contributed by atoms with Gasteiger partial charge in [-0.25, -0.2) is 8.42 Å². The van der Waals surface area contributed by atoms with Gasteiger partial charge in [0.1, 0.15) is 5.84 Å². The number of nitrogens with two attached hydrogens (primary N) is 1. The number of aromatic nitrogens is 2. The summed E-state index contributed by atoms with van der Waals surface area (Å²) >= 11 is 0. The van der Waals surface area contributed by atoms with Crippen LogP contribution in [0.25, 0.3) is 0 Å². The van der Waals surface area contributed by atoms with Gasteiger partial charge in [-0.15, -0.1) is 5.10 Å². The molecule has 0 radical (unpaired) electrons. The Bertz CT molecular complexity index is 656. The van der Waals surface area contributed by atoms with E-state index in [9.17, 15) is 8.42 Å². The van der Waals surface area contributed by atoms with Gasteiger partial charge in [-0.2, -0.15) is 5.10 Å². The van der Waals surface area contributed by atoms with Crippen molar-refractivity contribution in [3.05, 3.63) is 16.8 Å². The third kappa shape index (κ3) is 2.60. The first-order chi connectivity index (χ1) is 9.23. The fourth-order valence-corrected chi connectivity index (χ4v) is 3.99. The molecule has 0 spiro atoms. The first-order valence-corrected chi connectivity index (χ1v) is 8.20. The summed E-state index contributed by atoms with van der Waals surface area (Å²) in [6.45, 7) is 5.83. The Balaban J connectivity index is 2.49. The van der Waals surface area contributed by atoms with Gasteiger partial charge in [0.25, 0.3) is 0 Å². The van der Waals surface area contributed by atoms with Gasteiger partial charge in [-0.05, 0) is 26.3 Å². The summed E-state index contributed by atoms with van der Waals surface area (Å²) in [5.41, 5.74) is 7.73.